The van der Waals surface area contributed by atoms with Gasteiger partial charge in [0.15, 0.2) is 0 Å². The largest absolute Gasteiger partial charge is 0.444 e. The number of alkyl carbamates (subject to hydrolysis) is 2. The number of ether oxygens (including phenoxy) is 6. The topological polar surface area (TPSA) is 221 Å². The van der Waals surface area contributed by atoms with Gasteiger partial charge in [-0.2, -0.15) is 0 Å². The number of carbonyl (C=O) groups is 6. The van der Waals surface area contributed by atoms with Gasteiger partial charge in [-0.15, -0.1) is 0 Å². The van der Waals surface area contributed by atoms with Crippen LogP contribution in [-0.2, 0) is 28.4 Å². The van der Waals surface area contributed by atoms with Gasteiger partial charge in [0.25, 0.3) is 0 Å². The first-order valence-corrected chi connectivity index (χ1v) is 25.5. The minimum atomic E-state index is -0.855. The van der Waals surface area contributed by atoms with Gasteiger partial charge >= 0.3 is 36.6 Å². The summed E-state index contributed by atoms with van der Waals surface area (Å²) < 4.78 is 34.2. The number of nitrogens with zero attached hydrogens (tertiary/aromatic N) is 4. The second-order valence-corrected chi connectivity index (χ2v) is 23.7. The van der Waals surface area contributed by atoms with Crippen molar-refractivity contribution in [3.05, 3.63) is 0 Å². The van der Waals surface area contributed by atoms with Crippen molar-refractivity contribution in [1.29, 1.82) is 0 Å². The van der Waals surface area contributed by atoms with Crippen LogP contribution in [0.1, 0.15) is 195 Å². The fourth-order valence-corrected chi connectivity index (χ4v) is 6.63. The molecule has 19 heteroatoms. The number of amides is 6. The number of hydrogen-bond acceptors (Lipinski definition) is 13. The van der Waals surface area contributed by atoms with Gasteiger partial charge in [0, 0.05) is 52.4 Å². The normalized spacial score (nSPS) is 12.4. The number of nitrogens with two attached hydrogens (primary N) is 1. The summed E-state index contributed by atoms with van der Waals surface area (Å²) in [5.74, 6) is 0. The van der Waals surface area contributed by atoms with E-state index in [4.69, 9.17) is 34.2 Å². The van der Waals surface area contributed by atoms with E-state index in [1.807, 2.05) is 0 Å². The minimum Gasteiger partial charge on any atom is -0.444 e. The summed E-state index contributed by atoms with van der Waals surface area (Å²) >= 11 is 0. The average Bonchev–Trinajstić information content (AvgIpc) is 3.14. The zero-order valence-corrected chi connectivity index (χ0v) is 47.0. The second-order valence-electron chi connectivity index (χ2n) is 23.7. The standard InChI is InChI=1S/C51H99N7O12/c1-46(2,3)65-40(59)53-31-27-35-55(42(61)67-48(7,8)9)33-23-25-37-57(44(63)69-50(13,14)15)39(29-21-19-20-22-30-52)58(45(64)70-51(16,17)18)38-26-24-34-56(43(62)68-49(10,11)12)36-28-32-54-41(60)66-47(4,5)6/h39H,19-38,52H2,1-18H3,(H,53,59)(H,54,60). The van der Waals surface area contributed by atoms with Crippen LogP contribution in [0.15, 0.2) is 0 Å². The van der Waals surface area contributed by atoms with E-state index in [1.165, 1.54) is 0 Å². The number of unbranched alkanes of at least 4 members (excludes halogenated alkanes) is 5. The van der Waals surface area contributed by atoms with E-state index in [-0.39, 0.29) is 26.2 Å². The van der Waals surface area contributed by atoms with Gasteiger partial charge in [0.1, 0.15) is 39.8 Å². The van der Waals surface area contributed by atoms with E-state index in [0.29, 0.717) is 84.1 Å². The van der Waals surface area contributed by atoms with Gasteiger partial charge in [0.05, 0.1) is 0 Å². The lowest BCUT2D eigenvalue weighted by molar-refractivity contribution is -0.0308. The molecule has 0 bridgehead atoms. The van der Waals surface area contributed by atoms with Crippen LogP contribution < -0.4 is 16.4 Å². The highest BCUT2D eigenvalue weighted by Gasteiger charge is 2.36. The zero-order valence-electron chi connectivity index (χ0n) is 47.0. The number of hydrogen-bond donors (Lipinski definition) is 3. The summed E-state index contributed by atoms with van der Waals surface area (Å²) in [4.78, 5) is 86.6. The molecule has 0 aliphatic heterocycles. The van der Waals surface area contributed by atoms with Crippen molar-refractivity contribution in [2.45, 2.75) is 235 Å². The van der Waals surface area contributed by atoms with Crippen LogP contribution in [0.25, 0.3) is 0 Å². The smallest absolute Gasteiger partial charge is 0.411 e. The van der Waals surface area contributed by atoms with E-state index in [0.717, 1.165) is 19.3 Å². The monoisotopic (exact) mass is 1000 g/mol. The predicted molar refractivity (Wildman–Crippen MR) is 274 cm³/mol. The van der Waals surface area contributed by atoms with E-state index in [9.17, 15) is 28.8 Å². The van der Waals surface area contributed by atoms with E-state index < -0.39 is 76.3 Å². The Kier molecular flexibility index (Phi) is 28.5. The third-order valence-electron chi connectivity index (χ3n) is 9.40. The Labute approximate surface area is 422 Å². The maximum Gasteiger partial charge on any atom is 0.411 e. The lowest BCUT2D eigenvalue weighted by Crippen LogP contribution is -2.55. The maximum absolute atomic E-state index is 14.4. The third kappa shape index (κ3) is 34.8. The molecule has 0 fully saturated rings. The van der Waals surface area contributed by atoms with Crippen molar-refractivity contribution in [3.63, 3.8) is 0 Å². The Bertz CT molecular complexity index is 1460. The Hall–Kier alpha value is -4.42. The van der Waals surface area contributed by atoms with Gasteiger partial charge in [-0.05, 0) is 189 Å². The molecule has 0 unspecified atom stereocenters. The zero-order chi connectivity index (χ0) is 54.1. The van der Waals surface area contributed by atoms with Crippen molar-refractivity contribution in [2.75, 3.05) is 58.9 Å². The first-order valence-electron chi connectivity index (χ1n) is 25.5. The molecule has 6 amide bonds. The maximum atomic E-state index is 14.4. The van der Waals surface area contributed by atoms with Crippen LogP contribution in [0.2, 0.25) is 0 Å². The molecule has 0 aliphatic carbocycles. The van der Waals surface area contributed by atoms with Gasteiger partial charge in [-0.1, -0.05) is 12.8 Å². The molecule has 0 radical (unpaired) electrons. The summed E-state index contributed by atoms with van der Waals surface area (Å²) in [6, 6.07) is 0. The quantitative estimate of drug-likeness (QED) is 0.0417. The molecule has 0 aromatic heterocycles. The molecular weight excluding hydrogens is 903 g/mol. The van der Waals surface area contributed by atoms with Crippen molar-refractivity contribution in [1.82, 2.24) is 30.2 Å². The molecule has 0 aromatic carbocycles. The second kappa shape index (κ2) is 30.5. The first kappa shape index (κ1) is 65.6. The summed E-state index contributed by atoms with van der Waals surface area (Å²) in [7, 11) is 0. The number of rotatable bonds is 26. The molecule has 19 nitrogen and oxygen atoms in total. The highest BCUT2D eigenvalue weighted by molar-refractivity contribution is 5.72. The highest BCUT2D eigenvalue weighted by Crippen LogP contribution is 2.24. The lowest BCUT2D eigenvalue weighted by atomic mass is 10.1. The van der Waals surface area contributed by atoms with Gasteiger partial charge < -0.3 is 54.6 Å². The third-order valence-corrected chi connectivity index (χ3v) is 9.40. The fraction of sp³-hybridized carbons (Fsp3) is 0.882. The van der Waals surface area contributed by atoms with E-state index in [1.54, 1.807) is 144 Å². The Balaban J connectivity index is 6.73. The van der Waals surface area contributed by atoms with E-state index in [2.05, 4.69) is 10.6 Å². The average molecular weight is 1000 g/mol. The lowest BCUT2D eigenvalue weighted by Gasteiger charge is -2.41. The van der Waals surface area contributed by atoms with Crippen LogP contribution in [-0.4, -0.2) is 155 Å². The highest BCUT2D eigenvalue weighted by atomic mass is 16.6. The predicted octanol–water partition coefficient (Wildman–Crippen LogP) is 10.6. The van der Waals surface area contributed by atoms with Gasteiger partial charge in [-0.25, -0.2) is 28.8 Å². The van der Waals surface area contributed by atoms with Crippen LogP contribution in [0.5, 0.6) is 0 Å². The van der Waals surface area contributed by atoms with Crippen LogP contribution >= 0.6 is 0 Å². The number of nitrogens with one attached hydrogen (secondary N) is 2. The van der Waals surface area contributed by atoms with Crippen molar-refractivity contribution in [3.8, 4) is 0 Å². The molecule has 410 valence electrons. The summed E-state index contributed by atoms with van der Waals surface area (Å²) in [6.07, 6.45) is 2.30. The molecule has 4 N–H and O–H groups in total. The molecule has 70 heavy (non-hydrogen) atoms. The SMILES string of the molecule is CC(C)(C)OC(=O)NCCCN(CCCCN(C(=O)OC(C)(C)C)C(CCCCCCN)N(CCCCN(CCCNC(=O)OC(C)(C)C)C(=O)OC(C)(C)C)C(=O)OC(C)(C)C)C(=O)OC(C)(C)C. The van der Waals surface area contributed by atoms with Crippen molar-refractivity contribution < 1.29 is 57.2 Å². The van der Waals surface area contributed by atoms with Gasteiger partial charge in [-0.3, -0.25) is 9.80 Å². The fourth-order valence-electron chi connectivity index (χ4n) is 6.63. The number of carbonyl (C=O) groups excluding carboxylic acids is 6. The molecule has 0 rings (SSSR count). The van der Waals surface area contributed by atoms with Crippen LogP contribution in [0.4, 0.5) is 28.8 Å². The van der Waals surface area contributed by atoms with Gasteiger partial charge in [0.2, 0.25) is 0 Å². The molecule has 0 saturated carbocycles. The molecule has 0 aliphatic rings. The molecule has 0 heterocycles. The Morgan fingerprint density at radius 2 is 0.657 bits per heavy atom. The molecule has 0 atom stereocenters. The summed E-state index contributed by atoms with van der Waals surface area (Å²) in [6.45, 7) is 34.9. The molecule has 0 saturated heterocycles. The first-order chi connectivity index (χ1) is 31.9. The summed E-state index contributed by atoms with van der Waals surface area (Å²) in [5.41, 5.74) is 1.33. The van der Waals surface area contributed by atoms with Crippen LogP contribution in [0, 0.1) is 0 Å². The Morgan fingerprint density at radius 3 is 0.971 bits per heavy atom. The Morgan fingerprint density at radius 1 is 0.371 bits per heavy atom. The van der Waals surface area contributed by atoms with Crippen LogP contribution in [0.3, 0.4) is 0 Å². The summed E-state index contributed by atoms with van der Waals surface area (Å²) in [5, 5.41) is 5.48. The van der Waals surface area contributed by atoms with Crippen molar-refractivity contribution in [2.24, 2.45) is 5.73 Å². The molecule has 0 aromatic rings. The van der Waals surface area contributed by atoms with E-state index >= 15 is 0 Å². The minimum absolute atomic E-state index is 0.188. The molecular formula is C51H99N7O12. The van der Waals surface area contributed by atoms with Crippen molar-refractivity contribution >= 4 is 36.6 Å². The molecule has 0 spiro atoms.